The van der Waals surface area contributed by atoms with E-state index in [1.807, 2.05) is 0 Å². The molecule has 5 heteroatoms. The minimum Gasteiger partial charge on any atom is -0.372 e. The van der Waals surface area contributed by atoms with Gasteiger partial charge in [-0.05, 0) is 13.8 Å². The van der Waals surface area contributed by atoms with Gasteiger partial charge >= 0.3 is 0 Å². The van der Waals surface area contributed by atoms with Crippen LogP contribution in [0.1, 0.15) is 20.3 Å². The zero-order chi connectivity index (χ0) is 9.69. The molecule has 0 aromatic heterocycles. The van der Waals surface area contributed by atoms with E-state index in [0.717, 1.165) is 13.0 Å². The maximum Gasteiger partial charge on any atom is 0.216 e. The van der Waals surface area contributed by atoms with Crippen LogP contribution in [-0.4, -0.2) is 43.3 Å². The van der Waals surface area contributed by atoms with Gasteiger partial charge in [0.05, 0.1) is 17.5 Å². The minimum atomic E-state index is -3.03. The van der Waals surface area contributed by atoms with Crippen LogP contribution < -0.4 is 0 Å². The van der Waals surface area contributed by atoms with Crippen molar-refractivity contribution in [2.45, 2.75) is 31.1 Å². The predicted octanol–water partition coefficient (Wildman–Crippen LogP) is 0.199. The van der Waals surface area contributed by atoms with Crippen molar-refractivity contribution in [1.82, 2.24) is 4.31 Å². The molecular weight excluding hydrogens is 190 g/mol. The molecule has 1 spiro atoms. The Hall–Kier alpha value is -0.130. The third-order valence-corrected chi connectivity index (χ3v) is 5.02. The molecule has 2 aliphatic heterocycles. The van der Waals surface area contributed by atoms with E-state index in [1.165, 1.54) is 4.31 Å². The summed E-state index contributed by atoms with van der Waals surface area (Å²) in [5.74, 6) is 0. The molecule has 0 amide bonds. The molecule has 0 radical (unpaired) electrons. The van der Waals surface area contributed by atoms with Gasteiger partial charge in [-0.25, -0.2) is 8.42 Å². The third kappa shape index (κ3) is 1.30. The topological polar surface area (TPSA) is 46.6 Å². The number of hydrogen-bond acceptors (Lipinski definition) is 3. The minimum absolute atomic E-state index is 0.0953. The smallest absolute Gasteiger partial charge is 0.216 e. The van der Waals surface area contributed by atoms with Gasteiger partial charge in [0.15, 0.2) is 0 Å². The number of ether oxygens (including phenoxy) is 1. The maximum absolute atomic E-state index is 11.6. The van der Waals surface area contributed by atoms with E-state index < -0.39 is 10.0 Å². The van der Waals surface area contributed by atoms with Crippen molar-refractivity contribution in [3.8, 4) is 0 Å². The highest BCUT2D eigenvalue weighted by Crippen LogP contribution is 2.37. The molecule has 2 saturated heterocycles. The van der Waals surface area contributed by atoms with Gasteiger partial charge in [-0.1, -0.05) is 0 Å². The van der Waals surface area contributed by atoms with E-state index in [9.17, 15) is 8.42 Å². The van der Waals surface area contributed by atoms with Gasteiger partial charge in [0, 0.05) is 19.5 Å². The molecule has 0 saturated carbocycles. The van der Waals surface area contributed by atoms with Crippen molar-refractivity contribution in [2.24, 2.45) is 0 Å². The van der Waals surface area contributed by atoms with Gasteiger partial charge in [-0.15, -0.1) is 0 Å². The zero-order valence-corrected chi connectivity index (χ0v) is 8.80. The van der Waals surface area contributed by atoms with Gasteiger partial charge in [-0.3, -0.25) is 0 Å². The van der Waals surface area contributed by atoms with Crippen LogP contribution in [0.15, 0.2) is 0 Å². The third-order valence-electron chi connectivity index (χ3n) is 2.85. The molecule has 0 aliphatic carbocycles. The van der Waals surface area contributed by atoms with E-state index in [0.29, 0.717) is 13.1 Å². The molecule has 2 rings (SSSR count). The fourth-order valence-corrected chi connectivity index (χ4v) is 3.14. The first-order valence-corrected chi connectivity index (χ1v) is 6.10. The second kappa shape index (κ2) is 2.68. The van der Waals surface area contributed by atoms with E-state index in [-0.39, 0.29) is 10.9 Å². The number of rotatable bonds is 2. The average molecular weight is 205 g/mol. The molecule has 2 heterocycles. The summed E-state index contributed by atoms with van der Waals surface area (Å²) in [7, 11) is -3.03. The van der Waals surface area contributed by atoms with Gasteiger partial charge in [0.2, 0.25) is 10.0 Å². The average Bonchev–Trinajstić information content (AvgIpc) is 1.78. The maximum atomic E-state index is 11.6. The van der Waals surface area contributed by atoms with Crippen molar-refractivity contribution in [3.63, 3.8) is 0 Å². The lowest BCUT2D eigenvalue weighted by molar-refractivity contribution is -0.201. The van der Waals surface area contributed by atoms with Crippen LogP contribution in [0.5, 0.6) is 0 Å². The molecule has 0 aromatic rings. The number of nitrogens with zero attached hydrogens (tertiary/aromatic N) is 1. The van der Waals surface area contributed by atoms with Crippen LogP contribution >= 0.6 is 0 Å². The van der Waals surface area contributed by atoms with Crippen molar-refractivity contribution in [3.05, 3.63) is 0 Å². The van der Waals surface area contributed by atoms with Gasteiger partial charge in [-0.2, -0.15) is 4.31 Å². The SMILES string of the molecule is CC(C)S(=O)(=O)N1CC2(CCO2)C1. The lowest BCUT2D eigenvalue weighted by Crippen LogP contribution is -2.69. The van der Waals surface area contributed by atoms with Crippen LogP contribution in [0, 0.1) is 0 Å². The largest absolute Gasteiger partial charge is 0.372 e. The van der Waals surface area contributed by atoms with Crippen molar-refractivity contribution in [2.75, 3.05) is 19.7 Å². The molecule has 13 heavy (non-hydrogen) atoms. The Morgan fingerprint density at radius 1 is 1.38 bits per heavy atom. The lowest BCUT2D eigenvalue weighted by Gasteiger charge is -2.54. The Kier molecular flexibility index (Phi) is 1.94. The summed E-state index contributed by atoms with van der Waals surface area (Å²) in [5.41, 5.74) is -0.0953. The molecule has 0 N–H and O–H groups in total. The normalized spacial score (nSPS) is 27.3. The van der Waals surface area contributed by atoms with Crippen LogP contribution in [0.2, 0.25) is 0 Å². The van der Waals surface area contributed by atoms with Gasteiger partial charge in [0.25, 0.3) is 0 Å². The second-order valence-electron chi connectivity index (χ2n) is 4.14. The molecule has 2 fully saturated rings. The first-order chi connectivity index (χ1) is 5.96. The summed E-state index contributed by atoms with van der Waals surface area (Å²) in [6.45, 7) is 5.33. The monoisotopic (exact) mass is 205 g/mol. The quantitative estimate of drug-likeness (QED) is 0.647. The Bertz CT molecular complexity index is 297. The van der Waals surface area contributed by atoms with Gasteiger partial charge in [0.1, 0.15) is 0 Å². The Labute approximate surface area is 78.9 Å². The highest BCUT2D eigenvalue weighted by Gasteiger charge is 2.53. The van der Waals surface area contributed by atoms with Crippen molar-refractivity contribution < 1.29 is 13.2 Å². The zero-order valence-electron chi connectivity index (χ0n) is 7.99. The number of hydrogen-bond donors (Lipinski definition) is 0. The summed E-state index contributed by atoms with van der Waals surface area (Å²) < 4.78 is 30.1. The van der Waals surface area contributed by atoms with E-state index in [1.54, 1.807) is 13.8 Å². The van der Waals surface area contributed by atoms with E-state index in [4.69, 9.17) is 4.74 Å². The first kappa shape index (κ1) is 9.43. The Balaban J connectivity index is 1.99. The molecule has 2 aliphatic rings. The van der Waals surface area contributed by atoms with Crippen molar-refractivity contribution >= 4 is 10.0 Å². The molecule has 0 atom stereocenters. The van der Waals surface area contributed by atoms with Gasteiger partial charge < -0.3 is 4.74 Å². The van der Waals surface area contributed by atoms with E-state index in [2.05, 4.69) is 0 Å². The van der Waals surface area contributed by atoms with Crippen molar-refractivity contribution in [1.29, 1.82) is 0 Å². The summed E-state index contributed by atoms with van der Waals surface area (Å²) in [4.78, 5) is 0. The second-order valence-corrected chi connectivity index (χ2v) is 6.63. The molecule has 0 unspecified atom stereocenters. The summed E-state index contributed by atoms with van der Waals surface area (Å²) >= 11 is 0. The molecule has 0 aromatic carbocycles. The predicted molar refractivity (Wildman–Crippen MR) is 48.9 cm³/mol. The van der Waals surface area contributed by atoms with E-state index >= 15 is 0 Å². The summed E-state index contributed by atoms with van der Waals surface area (Å²) in [5, 5.41) is -0.315. The molecule has 0 bridgehead atoms. The highest BCUT2D eigenvalue weighted by molar-refractivity contribution is 7.89. The molecule has 76 valence electrons. The van der Waals surface area contributed by atoms with Crippen LogP contribution in [-0.2, 0) is 14.8 Å². The fourth-order valence-electron chi connectivity index (χ4n) is 1.71. The lowest BCUT2D eigenvalue weighted by atomic mass is 9.89. The van der Waals surface area contributed by atoms with Crippen LogP contribution in [0.4, 0.5) is 0 Å². The molecule has 4 nitrogen and oxygen atoms in total. The fraction of sp³-hybridized carbons (Fsp3) is 1.00. The molecular formula is C8H15NO3S. The van der Waals surface area contributed by atoms with Crippen LogP contribution in [0.25, 0.3) is 0 Å². The Morgan fingerprint density at radius 2 is 1.92 bits per heavy atom. The summed E-state index contributed by atoms with van der Waals surface area (Å²) in [6.07, 6.45) is 1.01. The standard InChI is InChI=1S/C8H15NO3S/c1-7(2)13(10,11)9-5-8(6-9)3-4-12-8/h7H,3-6H2,1-2H3. The first-order valence-electron chi connectivity index (χ1n) is 4.59. The number of sulfonamides is 1. The highest BCUT2D eigenvalue weighted by atomic mass is 32.2. The van der Waals surface area contributed by atoms with Crippen LogP contribution in [0.3, 0.4) is 0 Å². The Morgan fingerprint density at radius 3 is 2.23 bits per heavy atom. The summed E-state index contributed by atoms with van der Waals surface area (Å²) in [6, 6.07) is 0.